The maximum atomic E-state index is 11.0. The van der Waals surface area contributed by atoms with E-state index in [-0.39, 0.29) is 11.4 Å². The molecule has 1 heterocycles. The van der Waals surface area contributed by atoms with E-state index in [1.807, 2.05) is 6.07 Å². The number of nitrogens with one attached hydrogen (secondary N) is 1. The van der Waals surface area contributed by atoms with Gasteiger partial charge in [0, 0.05) is 18.7 Å². The van der Waals surface area contributed by atoms with Gasteiger partial charge in [0.2, 0.25) is 0 Å². The predicted molar refractivity (Wildman–Crippen MR) is 84.0 cm³/mol. The lowest BCUT2D eigenvalue weighted by molar-refractivity contribution is -0.385. The maximum Gasteiger partial charge on any atom is 0.311 e. The molecule has 0 aliphatic rings. The fraction of sp³-hybridized carbons (Fsp3) is 0.333. The Morgan fingerprint density at radius 2 is 2.19 bits per heavy atom. The molecule has 5 nitrogen and oxygen atoms in total. The van der Waals surface area contributed by atoms with E-state index in [4.69, 9.17) is 4.74 Å². The molecule has 2 rings (SSSR count). The van der Waals surface area contributed by atoms with E-state index >= 15 is 0 Å². The van der Waals surface area contributed by atoms with Gasteiger partial charge in [-0.15, -0.1) is 0 Å². The van der Waals surface area contributed by atoms with Crippen LogP contribution in [0.25, 0.3) is 0 Å². The van der Waals surface area contributed by atoms with E-state index in [2.05, 4.69) is 29.1 Å². The van der Waals surface area contributed by atoms with E-state index in [0.717, 1.165) is 12.0 Å². The molecule has 1 aromatic carbocycles. The first-order chi connectivity index (χ1) is 10.1. The zero-order chi connectivity index (χ0) is 15.2. The quantitative estimate of drug-likeness (QED) is 0.629. The number of nitrogens with zero attached hydrogens (tertiary/aromatic N) is 1. The molecule has 0 radical (unpaired) electrons. The lowest BCUT2D eigenvalue weighted by Crippen LogP contribution is -2.27. The van der Waals surface area contributed by atoms with Crippen LogP contribution in [-0.2, 0) is 13.0 Å². The van der Waals surface area contributed by atoms with Crippen LogP contribution in [0.4, 0.5) is 5.69 Å². The molecular formula is C15H18N2O3S. The number of thiophene rings is 1. The maximum absolute atomic E-state index is 11.0. The average Bonchev–Trinajstić information content (AvgIpc) is 2.97. The number of hydrogen-bond donors (Lipinski definition) is 1. The normalized spacial score (nSPS) is 12.1. The molecule has 21 heavy (non-hydrogen) atoms. The predicted octanol–water partition coefficient (Wildman–Crippen LogP) is 3.39. The highest BCUT2D eigenvalue weighted by Gasteiger charge is 2.15. The summed E-state index contributed by atoms with van der Waals surface area (Å²) in [5.41, 5.74) is 2.18. The molecule has 1 unspecified atom stereocenters. The average molecular weight is 306 g/mol. The van der Waals surface area contributed by atoms with Crippen LogP contribution in [0, 0.1) is 10.1 Å². The van der Waals surface area contributed by atoms with E-state index in [1.165, 1.54) is 12.7 Å². The Hall–Kier alpha value is -1.92. The molecule has 0 bridgehead atoms. The summed E-state index contributed by atoms with van der Waals surface area (Å²) in [6, 6.07) is 7.46. The zero-order valence-corrected chi connectivity index (χ0v) is 12.9. The Bertz CT molecular complexity index is 599. The first-order valence-electron chi connectivity index (χ1n) is 6.66. The Morgan fingerprint density at radius 1 is 1.38 bits per heavy atom. The molecule has 0 fully saturated rings. The second-order valence-electron chi connectivity index (χ2n) is 4.88. The third-order valence-corrected chi connectivity index (χ3v) is 3.95. The number of nitro benzene ring substituents is 1. The molecule has 0 amide bonds. The molecule has 2 aromatic rings. The Morgan fingerprint density at radius 3 is 2.81 bits per heavy atom. The zero-order valence-electron chi connectivity index (χ0n) is 12.0. The van der Waals surface area contributed by atoms with Gasteiger partial charge < -0.3 is 10.1 Å². The van der Waals surface area contributed by atoms with Gasteiger partial charge in [-0.25, -0.2) is 0 Å². The van der Waals surface area contributed by atoms with Crippen LogP contribution in [0.5, 0.6) is 5.75 Å². The van der Waals surface area contributed by atoms with E-state index < -0.39 is 4.92 Å². The summed E-state index contributed by atoms with van der Waals surface area (Å²) in [7, 11) is 1.43. The molecule has 0 aliphatic carbocycles. The first-order valence-corrected chi connectivity index (χ1v) is 7.60. The molecule has 1 atom stereocenters. The van der Waals surface area contributed by atoms with Crippen LogP contribution in [-0.4, -0.2) is 18.1 Å². The summed E-state index contributed by atoms with van der Waals surface area (Å²) in [5.74, 6) is 0.287. The highest BCUT2D eigenvalue weighted by Crippen LogP contribution is 2.27. The SMILES string of the molecule is COc1ccc(CNC(C)Cc2ccsc2)cc1[N+](=O)[O-]. The molecule has 0 saturated carbocycles. The van der Waals surface area contributed by atoms with E-state index in [0.29, 0.717) is 12.6 Å². The van der Waals surface area contributed by atoms with Crippen LogP contribution in [0.15, 0.2) is 35.0 Å². The van der Waals surface area contributed by atoms with E-state index in [1.54, 1.807) is 23.5 Å². The highest BCUT2D eigenvalue weighted by atomic mass is 32.1. The first kappa shape index (κ1) is 15.5. The Kier molecular flexibility index (Phi) is 5.30. The minimum absolute atomic E-state index is 0.00212. The van der Waals surface area contributed by atoms with Crippen LogP contribution in [0.2, 0.25) is 0 Å². The third kappa shape index (κ3) is 4.27. The summed E-state index contributed by atoms with van der Waals surface area (Å²) < 4.78 is 5.00. The lowest BCUT2D eigenvalue weighted by Gasteiger charge is -2.13. The van der Waals surface area contributed by atoms with Gasteiger partial charge >= 0.3 is 5.69 Å². The van der Waals surface area contributed by atoms with Gasteiger partial charge in [-0.05, 0) is 47.4 Å². The van der Waals surface area contributed by atoms with Crippen LogP contribution in [0.3, 0.4) is 0 Å². The topological polar surface area (TPSA) is 64.4 Å². The van der Waals surface area contributed by atoms with Crippen molar-refractivity contribution in [3.05, 3.63) is 56.3 Å². The van der Waals surface area contributed by atoms with Crippen LogP contribution >= 0.6 is 11.3 Å². The Labute approximate surface area is 127 Å². The van der Waals surface area contributed by atoms with Crippen molar-refractivity contribution in [1.29, 1.82) is 0 Å². The smallest absolute Gasteiger partial charge is 0.311 e. The minimum Gasteiger partial charge on any atom is -0.490 e. The van der Waals surface area contributed by atoms with Crippen molar-refractivity contribution >= 4 is 17.0 Å². The van der Waals surface area contributed by atoms with Crippen molar-refractivity contribution in [2.75, 3.05) is 7.11 Å². The molecule has 0 aliphatic heterocycles. The van der Waals surface area contributed by atoms with Gasteiger partial charge in [0.15, 0.2) is 5.75 Å². The van der Waals surface area contributed by atoms with Crippen molar-refractivity contribution in [3.63, 3.8) is 0 Å². The summed E-state index contributed by atoms with van der Waals surface area (Å²) in [6.45, 7) is 2.70. The largest absolute Gasteiger partial charge is 0.490 e. The standard InChI is InChI=1S/C15H18N2O3S/c1-11(7-13-5-6-21-10-13)16-9-12-3-4-15(20-2)14(8-12)17(18)19/h3-6,8,10-11,16H,7,9H2,1-2H3. The Balaban J connectivity index is 1.96. The number of benzene rings is 1. The molecule has 6 heteroatoms. The van der Waals surface area contributed by atoms with Crippen molar-refractivity contribution in [1.82, 2.24) is 5.32 Å². The highest BCUT2D eigenvalue weighted by molar-refractivity contribution is 7.07. The second kappa shape index (κ2) is 7.19. The molecule has 1 aromatic heterocycles. The van der Waals surface area contributed by atoms with E-state index in [9.17, 15) is 10.1 Å². The summed E-state index contributed by atoms with van der Waals surface area (Å²) in [5, 5.41) is 18.6. The fourth-order valence-corrected chi connectivity index (χ4v) is 2.80. The number of nitro groups is 1. The molecule has 0 saturated heterocycles. The number of rotatable bonds is 7. The van der Waals surface area contributed by atoms with Crippen molar-refractivity contribution < 1.29 is 9.66 Å². The van der Waals surface area contributed by atoms with Gasteiger partial charge in [0.1, 0.15) is 0 Å². The summed E-state index contributed by atoms with van der Waals surface area (Å²) in [6.07, 6.45) is 0.946. The van der Waals surface area contributed by atoms with Gasteiger partial charge in [-0.2, -0.15) is 11.3 Å². The molecule has 112 valence electrons. The van der Waals surface area contributed by atoms with Gasteiger partial charge in [-0.3, -0.25) is 10.1 Å². The third-order valence-electron chi connectivity index (χ3n) is 3.22. The monoisotopic (exact) mass is 306 g/mol. The van der Waals surface area contributed by atoms with Gasteiger partial charge in [0.25, 0.3) is 0 Å². The number of ether oxygens (including phenoxy) is 1. The summed E-state index contributed by atoms with van der Waals surface area (Å²) >= 11 is 1.69. The second-order valence-corrected chi connectivity index (χ2v) is 5.66. The molecule has 1 N–H and O–H groups in total. The summed E-state index contributed by atoms with van der Waals surface area (Å²) in [4.78, 5) is 10.6. The molecular weight excluding hydrogens is 288 g/mol. The van der Waals surface area contributed by atoms with Crippen molar-refractivity contribution in [2.45, 2.75) is 25.9 Å². The lowest BCUT2D eigenvalue weighted by atomic mass is 10.1. The number of hydrogen-bond acceptors (Lipinski definition) is 5. The van der Waals surface area contributed by atoms with Crippen LogP contribution < -0.4 is 10.1 Å². The van der Waals surface area contributed by atoms with Gasteiger partial charge in [0.05, 0.1) is 12.0 Å². The minimum atomic E-state index is -0.420. The van der Waals surface area contributed by atoms with Crippen molar-refractivity contribution in [2.24, 2.45) is 0 Å². The van der Waals surface area contributed by atoms with Crippen LogP contribution in [0.1, 0.15) is 18.1 Å². The van der Waals surface area contributed by atoms with Crippen molar-refractivity contribution in [3.8, 4) is 5.75 Å². The molecule has 0 spiro atoms. The number of methoxy groups -OCH3 is 1. The van der Waals surface area contributed by atoms with Gasteiger partial charge in [-0.1, -0.05) is 6.07 Å². The fourth-order valence-electron chi connectivity index (χ4n) is 2.11.